The van der Waals surface area contributed by atoms with Crippen molar-refractivity contribution in [3.63, 3.8) is 0 Å². The van der Waals surface area contributed by atoms with E-state index in [1.165, 1.54) is 46.4 Å². The van der Waals surface area contributed by atoms with E-state index in [0.29, 0.717) is 13.1 Å². The molecule has 1 N–H and O–H groups in total. The van der Waals surface area contributed by atoms with Crippen LogP contribution in [0.2, 0.25) is 0 Å². The molecule has 1 aromatic heterocycles. The lowest BCUT2D eigenvalue weighted by Gasteiger charge is -2.19. The minimum absolute atomic E-state index is 0.0106. The van der Waals surface area contributed by atoms with Crippen molar-refractivity contribution in [3.8, 4) is 0 Å². The Labute approximate surface area is 197 Å². The zero-order valence-electron chi connectivity index (χ0n) is 19.3. The van der Waals surface area contributed by atoms with Gasteiger partial charge in [0.1, 0.15) is 10.6 Å². The third-order valence-electron chi connectivity index (χ3n) is 5.47. The van der Waals surface area contributed by atoms with E-state index < -0.39 is 39.0 Å². The normalized spacial score (nSPS) is 15.3. The first-order valence-electron chi connectivity index (χ1n) is 10.9. The number of sulfonamides is 1. The first-order chi connectivity index (χ1) is 16.0. The molecule has 184 valence electrons. The van der Waals surface area contributed by atoms with Crippen molar-refractivity contribution in [2.45, 2.75) is 50.2 Å². The number of nitro benzene ring substituents is 1. The average Bonchev–Trinajstić information content (AvgIpc) is 3.43. The van der Waals surface area contributed by atoms with E-state index in [4.69, 9.17) is 4.74 Å². The number of para-hydroxylation sites is 1. The molecule has 2 heterocycles. The standard InChI is InChI=1S/C22H28N4O7S/c1-15(2)33-21(27)13-18(17-8-4-5-9-19(17)26(29)30)23-22(28)20-12-16(14-24(20)3)34(31,32)25-10-6-7-11-25/h4-5,8-9,12,14-15,18H,6-7,10-11,13H2,1-3H3,(H,23,28). The summed E-state index contributed by atoms with van der Waals surface area (Å²) in [5, 5.41) is 14.2. The summed E-state index contributed by atoms with van der Waals surface area (Å²) in [7, 11) is -2.20. The number of rotatable bonds is 9. The van der Waals surface area contributed by atoms with Gasteiger partial charge in [0.2, 0.25) is 10.0 Å². The highest BCUT2D eigenvalue weighted by atomic mass is 32.2. The number of nitro groups is 1. The molecule has 0 spiro atoms. The monoisotopic (exact) mass is 492 g/mol. The zero-order valence-corrected chi connectivity index (χ0v) is 20.1. The molecule has 1 unspecified atom stereocenters. The molecule has 12 heteroatoms. The van der Waals surface area contributed by atoms with Crippen LogP contribution in [0.15, 0.2) is 41.4 Å². The Morgan fingerprint density at radius 1 is 1.21 bits per heavy atom. The Hall–Kier alpha value is -3.25. The quantitative estimate of drug-likeness (QED) is 0.322. The summed E-state index contributed by atoms with van der Waals surface area (Å²) in [6.07, 6.45) is 2.18. The largest absolute Gasteiger partial charge is 0.463 e. The van der Waals surface area contributed by atoms with Crippen molar-refractivity contribution < 1.29 is 27.7 Å². The van der Waals surface area contributed by atoms with Crippen LogP contribution in [0, 0.1) is 10.1 Å². The summed E-state index contributed by atoms with van der Waals surface area (Å²) in [4.78, 5) is 36.4. The maximum atomic E-state index is 13.1. The number of carbonyl (C=O) groups excluding carboxylic acids is 2. The molecule has 1 saturated heterocycles. The molecule has 34 heavy (non-hydrogen) atoms. The van der Waals surface area contributed by atoms with Crippen molar-refractivity contribution in [3.05, 3.63) is 57.9 Å². The summed E-state index contributed by atoms with van der Waals surface area (Å²) >= 11 is 0. The number of ether oxygens (including phenoxy) is 1. The Kier molecular flexibility index (Phi) is 7.72. The molecular formula is C22H28N4O7S. The summed E-state index contributed by atoms with van der Waals surface area (Å²) in [6.45, 7) is 4.19. The first-order valence-corrected chi connectivity index (χ1v) is 12.3. The van der Waals surface area contributed by atoms with Crippen molar-refractivity contribution in [2.75, 3.05) is 13.1 Å². The highest BCUT2D eigenvalue weighted by Gasteiger charge is 2.31. The number of amides is 1. The molecule has 0 radical (unpaired) electrons. The maximum absolute atomic E-state index is 13.1. The van der Waals surface area contributed by atoms with Crippen LogP contribution in [-0.4, -0.2) is 53.3 Å². The highest BCUT2D eigenvalue weighted by molar-refractivity contribution is 7.89. The van der Waals surface area contributed by atoms with Gasteiger partial charge in [0.05, 0.1) is 29.1 Å². The Morgan fingerprint density at radius 2 is 1.85 bits per heavy atom. The number of esters is 1. The number of aryl methyl sites for hydroxylation is 1. The molecule has 1 atom stereocenters. The van der Waals surface area contributed by atoms with Gasteiger partial charge in [-0.25, -0.2) is 8.42 Å². The lowest BCUT2D eigenvalue weighted by atomic mass is 10.0. The molecule has 0 bridgehead atoms. The fourth-order valence-corrected chi connectivity index (χ4v) is 5.46. The lowest BCUT2D eigenvalue weighted by molar-refractivity contribution is -0.385. The fourth-order valence-electron chi connectivity index (χ4n) is 3.88. The molecule has 2 aromatic rings. The first kappa shape index (κ1) is 25.4. The van der Waals surface area contributed by atoms with Crippen LogP contribution >= 0.6 is 0 Å². The van der Waals surface area contributed by atoms with Gasteiger partial charge in [-0.3, -0.25) is 19.7 Å². The zero-order chi connectivity index (χ0) is 25.0. The van der Waals surface area contributed by atoms with E-state index in [9.17, 15) is 28.1 Å². The van der Waals surface area contributed by atoms with Gasteiger partial charge in [-0.1, -0.05) is 18.2 Å². The second-order valence-corrected chi connectivity index (χ2v) is 10.3. The minimum Gasteiger partial charge on any atom is -0.463 e. The van der Waals surface area contributed by atoms with Crippen LogP contribution in [0.25, 0.3) is 0 Å². The number of nitrogens with one attached hydrogen (secondary N) is 1. The van der Waals surface area contributed by atoms with Gasteiger partial charge in [0, 0.05) is 32.4 Å². The van der Waals surface area contributed by atoms with Gasteiger partial charge in [0.25, 0.3) is 11.6 Å². The molecule has 3 rings (SSSR count). The molecule has 1 fully saturated rings. The summed E-state index contributed by atoms with van der Waals surface area (Å²) < 4.78 is 33.7. The molecule has 1 aliphatic rings. The fraction of sp³-hybridized carbons (Fsp3) is 0.455. The predicted octanol–water partition coefficient (Wildman–Crippen LogP) is 2.53. The van der Waals surface area contributed by atoms with Gasteiger partial charge in [0.15, 0.2) is 0 Å². The van der Waals surface area contributed by atoms with Crippen LogP contribution in [0.4, 0.5) is 5.69 Å². The summed E-state index contributed by atoms with van der Waals surface area (Å²) in [5.41, 5.74) is -0.0754. The van der Waals surface area contributed by atoms with Crippen LogP contribution in [0.5, 0.6) is 0 Å². The molecular weight excluding hydrogens is 464 g/mol. The van der Waals surface area contributed by atoms with E-state index in [1.807, 2.05) is 0 Å². The highest BCUT2D eigenvalue weighted by Crippen LogP contribution is 2.28. The van der Waals surface area contributed by atoms with Gasteiger partial charge >= 0.3 is 5.97 Å². The van der Waals surface area contributed by atoms with Gasteiger partial charge < -0.3 is 14.6 Å². The molecule has 1 amide bonds. The van der Waals surface area contributed by atoms with Crippen LogP contribution in [0.3, 0.4) is 0 Å². The molecule has 1 aromatic carbocycles. The van der Waals surface area contributed by atoms with Crippen molar-refractivity contribution in [1.82, 2.24) is 14.2 Å². The smallest absolute Gasteiger partial charge is 0.308 e. The Balaban J connectivity index is 1.91. The number of carbonyl (C=O) groups is 2. The Morgan fingerprint density at radius 3 is 2.47 bits per heavy atom. The second-order valence-electron chi connectivity index (χ2n) is 8.37. The minimum atomic E-state index is -3.74. The molecule has 0 aliphatic carbocycles. The Bertz CT molecular complexity index is 1180. The van der Waals surface area contributed by atoms with E-state index in [1.54, 1.807) is 19.9 Å². The lowest BCUT2D eigenvalue weighted by Crippen LogP contribution is -2.32. The predicted molar refractivity (Wildman–Crippen MR) is 123 cm³/mol. The number of hydrogen-bond acceptors (Lipinski definition) is 7. The topological polar surface area (TPSA) is 141 Å². The van der Waals surface area contributed by atoms with E-state index in [0.717, 1.165) is 12.8 Å². The summed E-state index contributed by atoms with van der Waals surface area (Å²) in [6, 6.07) is 6.00. The van der Waals surface area contributed by atoms with E-state index >= 15 is 0 Å². The van der Waals surface area contributed by atoms with E-state index in [-0.39, 0.29) is 28.3 Å². The molecule has 11 nitrogen and oxygen atoms in total. The van der Waals surface area contributed by atoms with Crippen molar-refractivity contribution >= 4 is 27.6 Å². The van der Waals surface area contributed by atoms with Gasteiger partial charge in [-0.15, -0.1) is 0 Å². The van der Waals surface area contributed by atoms with Gasteiger partial charge in [-0.2, -0.15) is 4.31 Å². The third-order valence-corrected chi connectivity index (χ3v) is 7.33. The number of hydrogen-bond donors (Lipinski definition) is 1. The molecule has 1 aliphatic heterocycles. The second kappa shape index (κ2) is 10.3. The van der Waals surface area contributed by atoms with Crippen LogP contribution in [-0.2, 0) is 26.6 Å². The van der Waals surface area contributed by atoms with Crippen molar-refractivity contribution in [2.24, 2.45) is 7.05 Å². The van der Waals surface area contributed by atoms with E-state index in [2.05, 4.69) is 5.32 Å². The number of nitrogens with zero attached hydrogens (tertiary/aromatic N) is 3. The van der Waals surface area contributed by atoms with Crippen molar-refractivity contribution in [1.29, 1.82) is 0 Å². The third kappa shape index (κ3) is 5.62. The maximum Gasteiger partial charge on any atom is 0.308 e. The van der Waals surface area contributed by atoms with Crippen LogP contribution in [0.1, 0.15) is 55.2 Å². The SMILES string of the molecule is CC(C)OC(=O)CC(NC(=O)c1cc(S(=O)(=O)N2CCCC2)cn1C)c1ccccc1[N+](=O)[O-]. The number of benzene rings is 1. The van der Waals surface area contributed by atoms with Crippen LogP contribution < -0.4 is 5.32 Å². The summed E-state index contributed by atoms with van der Waals surface area (Å²) in [5.74, 6) is -1.31. The average molecular weight is 493 g/mol. The van der Waals surface area contributed by atoms with Gasteiger partial charge in [-0.05, 0) is 32.8 Å². The molecule has 0 saturated carbocycles. The number of aromatic nitrogens is 1.